The first kappa shape index (κ1) is 15.0. The molecule has 1 heterocycles. The van der Waals surface area contributed by atoms with Crippen molar-refractivity contribution in [1.82, 2.24) is 10.1 Å². The largest absolute Gasteiger partial charge is 0.334 e. The predicted molar refractivity (Wildman–Crippen MR) is 84.4 cm³/mol. The van der Waals surface area contributed by atoms with E-state index in [1.165, 1.54) is 0 Å². The number of aromatic nitrogens is 2. The number of hydrogen-bond acceptors (Lipinski definition) is 4. The van der Waals surface area contributed by atoms with Crippen LogP contribution in [0.3, 0.4) is 0 Å². The highest BCUT2D eigenvalue weighted by molar-refractivity contribution is 14.1. The van der Waals surface area contributed by atoms with Crippen LogP contribution in [0.1, 0.15) is 25.1 Å². The number of nitrogens with zero attached hydrogens (tertiary/aromatic N) is 2. The Morgan fingerprint density at radius 2 is 2.11 bits per heavy atom. The van der Waals surface area contributed by atoms with Crippen molar-refractivity contribution in [2.24, 2.45) is 5.73 Å². The van der Waals surface area contributed by atoms with Crippen molar-refractivity contribution in [2.45, 2.75) is 24.8 Å². The average Bonchev–Trinajstić information content (AvgIpc) is 2.79. The summed E-state index contributed by atoms with van der Waals surface area (Å²) in [6, 6.07) is 5.66. The van der Waals surface area contributed by atoms with Crippen LogP contribution in [0, 0.1) is 3.57 Å². The molecule has 1 fully saturated rings. The number of benzene rings is 1. The Kier molecular flexibility index (Phi) is 4.39. The summed E-state index contributed by atoms with van der Waals surface area (Å²) in [5, 5.41) is 4.66. The Labute approximate surface area is 135 Å². The van der Waals surface area contributed by atoms with Crippen molar-refractivity contribution in [1.29, 1.82) is 0 Å². The lowest BCUT2D eigenvalue weighted by Gasteiger charge is -2.34. The molecule has 0 radical (unpaired) electrons. The van der Waals surface area contributed by atoms with E-state index >= 15 is 0 Å². The van der Waals surface area contributed by atoms with Gasteiger partial charge in [0.1, 0.15) is 0 Å². The van der Waals surface area contributed by atoms with Gasteiger partial charge in [-0.1, -0.05) is 16.8 Å². The van der Waals surface area contributed by atoms with Gasteiger partial charge in [-0.15, -0.1) is 12.4 Å². The summed E-state index contributed by atoms with van der Waals surface area (Å²) in [4.78, 5) is 4.38. The number of nitrogens with two attached hydrogens (primary N) is 1. The maximum absolute atomic E-state index is 6.16. The van der Waals surface area contributed by atoms with Gasteiger partial charge in [0.15, 0.2) is 5.82 Å². The van der Waals surface area contributed by atoms with Crippen molar-refractivity contribution in [2.75, 3.05) is 0 Å². The number of rotatable bonds is 2. The summed E-state index contributed by atoms with van der Waals surface area (Å²) in [5.41, 5.74) is 6.58. The molecule has 2 aromatic rings. The van der Waals surface area contributed by atoms with E-state index in [4.69, 9.17) is 21.9 Å². The van der Waals surface area contributed by atoms with Gasteiger partial charge in [0.05, 0.1) is 10.6 Å². The van der Waals surface area contributed by atoms with E-state index in [-0.39, 0.29) is 12.4 Å². The van der Waals surface area contributed by atoms with Gasteiger partial charge in [0, 0.05) is 9.13 Å². The molecule has 1 aliphatic carbocycles. The second kappa shape index (κ2) is 5.55. The Hall–Kier alpha value is -0.370. The van der Waals surface area contributed by atoms with Gasteiger partial charge in [-0.25, -0.2) is 0 Å². The lowest BCUT2D eigenvalue weighted by atomic mass is 9.77. The second-order valence-corrected chi connectivity index (χ2v) is 6.13. The van der Waals surface area contributed by atoms with E-state index in [1.54, 1.807) is 0 Å². The van der Waals surface area contributed by atoms with Gasteiger partial charge >= 0.3 is 0 Å². The molecule has 1 aliphatic rings. The molecule has 4 nitrogen and oxygen atoms in total. The van der Waals surface area contributed by atoms with Gasteiger partial charge in [-0.3, -0.25) is 0 Å². The normalized spacial score (nSPS) is 16.6. The Morgan fingerprint density at radius 3 is 2.68 bits per heavy atom. The minimum atomic E-state index is -0.394. The summed E-state index contributed by atoms with van der Waals surface area (Å²) in [6.45, 7) is 0. The first-order chi connectivity index (χ1) is 8.58. The van der Waals surface area contributed by atoms with Crippen LogP contribution in [0.4, 0.5) is 0 Å². The zero-order chi connectivity index (χ0) is 12.8. The number of halogens is 3. The average molecular weight is 412 g/mol. The van der Waals surface area contributed by atoms with Crippen LogP contribution in [0.25, 0.3) is 11.5 Å². The van der Waals surface area contributed by atoms with Crippen LogP contribution in [0.15, 0.2) is 22.7 Å². The highest BCUT2D eigenvalue weighted by Crippen LogP contribution is 2.37. The van der Waals surface area contributed by atoms with Gasteiger partial charge in [0.25, 0.3) is 5.89 Å². The molecule has 102 valence electrons. The lowest BCUT2D eigenvalue weighted by molar-refractivity contribution is 0.229. The zero-order valence-electron chi connectivity index (χ0n) is 9.90. The Balaban J connectivity index is 0.00000133. The molecule has 0 unspecified atom stereocenters. The number of hydrogen-bond donors (Lipinski definition) is 1. The topological polar surface area (TPSA) is 64.9 Å². The van der Waals surface area contributed by atoms with Crippen LogP contribution in [0.2, 0.25) is 5.02 Å². The lowest BCUT2D eigenvalue weighted by Crippen LogP contribution is -2.44. The third-order valence-electron chi connectivity index (χ3n) is 3.28. The van der Waals surface area contributed by atoms with E-state index < -0.39 is 5.54 Å². The summed E-state index contributed by atoms with van der Waals surface area (Å²) in [6.07, 6.45) is 2.95. The predicted octanol–water partition coefficient (Wildman–Crippen LogP) is 3.75. The van der Waals surface area contributed by atoms with Gasteiger partial charge in [0.2, 0.25) is 0 Å². The van der Waals surface area contributed by atoms with Crippen LogP contribution in [-0.4, -0.2) is 10.1 Å². The first-order valence-corrected chi connectivity index (χ1v) is 7.13. The fourth-order valence-corrected chi connectivity index (χ4v) is 2.47. The first-order valence-electron chi connectivity index (χ1n) is 5.67. The molecule has 1 aromatic carbocycles. The summed E-state index contributed by atoms with van der Waals surface area (Å²) >= 11 is 8.25. The van der Waals surface area contributed by atoms with Crippen LogP contribution in [-0.2, 0) is 5.54 Å². The van der Waals surface area contributed by atoms with E-state index in [2.05, 4.69) is 32.7 Å². The molecule has 0 aliphatic heterocycles. The third kappa shape index (κ3) is 2.74. The minimum absolute atomic E-state index is 0. The molecular weight excluding hydrogens is 400 g/mol. The summed E-state index contributed by atoms with van der Waals surface area (Å²) in [5.74, 6) is 1.07. The van der Waals surface area contributed by atoms with Gasteiger partial charge < -0.3 is 10.3 Å². The van der Waals surface area contributed by atoms with E-state index in [9.17, 15) is 0 Å². The van der Waals surface area contributed by atoms with Crippen LogP contribution < -0.4 is 5.73 Å². The van der Waals surface area contributed by atoms with Crippen molar-refractivity contribution in [3.05, 3.63) is 32.6 Å². The van der Waals surface area contributed by atoms with Gasteiger partial charge in [-0.05, 0) is 60.1 Å². The third-order valence-corrected chi connectivity index (χ3v) is 4.86. The molecule has 2 N–H and O–H groups in total. The maximum Gasteiger partial charge on any atom is 0.258 e. The van der Waals surface area contributed by atoms with Crippen molar-refractivity contribution in [3.8, 4) is 11.5 Å². The van der Waals surface area contributed by atoms with Crippen molar-refractivity contribution in [3.63, 3.8) is 0 Å². The fraction of sp³-hybridized carbons (Fsp3) is 0.333. The minimum Gasteiger partial charge on any atom is -0.334 e. The molecule has 1 saturated carbocycles. The van der Waals surface area contributed by atoms with E-state index in [1.807, 2.05) is 18.2 Å². The van der Waals surface area contributed by atoms with E-state index in [0.29, 0.717) is 16.7 Å². The summed E-state index contributed by atoms with van der Waals surface area (Å²) < 4.78 is 6.26. The van der Waals surface area contributed by atoms with Crippen molar-refractivity contribution < 1.29 is 4.52 Å². The molecule has 0 amide bonds. The molecule has 0 saturated heterocycles. The molecule has 0 atom stereocenters. The molecular formula is C12H12Cl2IN3O. The standard InChI is InChI=1S/C12H11ClIN3O.ClH/c13-8-6-7(2-3-9(8)14)10-16-11(17-18-10)12(15)4-1-5-12;/h2-3,6H,1,4-5,15H2;1H. The summed E-state index contributed by atoms with van der Waals surface area (Å²) in [7, 11) is 0. The second-order valence-electron chi connectivity index (χ2n) is 4.56. The smallest absolute Gasteiger partial charge is 0.258 e. The fourth-order valence-electron chi connectivity index (χ4n) is 1.95. The van der Waals surface area contributed by atoms with Crippen LogP contribution in [0.5, 0.6) is 0 Å². The SMILES string of the molecule is Cl.NC1(c2noc(-c3ccc(I)c(Cl)c3)n2)CCC1. The molecule has 19 heavy (non-hydrogen) atoms. The molecule has 0 bridgehead atoms. The molecule has 7 heteroatoms. The maximum atomic E-state index is 6.16. The molecule has 0 spiro atoms. The van der Waals surface area contributed by atoms with Gasteiger partial charge in [-0.2, -0.15) is 4.98 Å². The Bertz CT molecular complexity index is 598. The highest BCUT2D eigenvalue weighted by Gasteiger charge is 2.39. The monoisotopic (exact) mass is 411 g/mol. The quantitative estimate of drug-likeness (QED) is 0.764. The Morgan fingerprint density at radius 1 is 1.37 bits per heavy atom. The molecule has 1 aromatic heterocycles. The molecule has 3 rings (SSSR count). The zero-order valence-corrected chi connectivity index (χ0v) is 13.6. The van der Waals surface area contributed by atoms with E-state index in [0.717, 1.165) is 28.4 Å². The van der Waals surface area contributed by atoms with Crippen LogP contribution >= 0.6 is 46.6 Å². The highest BCUT2D eigenvalue weighted by atomic mass is 127. The van der Waals surface area contributed by atoms with Crippen molar-refractivity contribution >= 4 is 46.6 Å².